The molecule has 0 bridgehead atoms. The molecule has 1 fully saturated rings. The lowest BCUT2D eigenvalue weighted by molar-refractivity contribution is 0.150. The SMILES string of the molecule is Cl.Fc1cc(C(F)F)ccc1Br.N[C@@H](c1ccc(C(F)F)cc1F)C1CC1. The summed E-state index contributed by atoms with van der Waals surface area (Å²) >= 11 is 2.86. The van der Waals surface area contributed by atoms with Gasteiger partial charge in [-0.25, -0.2) is 26.3 Å². The van der Waals surface area contributed by atoms with E-state index in [0.29, 0.717) is 11.5 Å². The van der Waals surface area contributed by atoms with Gasteiger partial charge in [0.1, 0.15) is 11.6 Å². The van der Waals surface area contributed by atoms with Crippen LogP contribution in [0.5, 0.6) is 0 Å². The predicted octanol–water partition coefficient (Wildman–Crippen LogP) is 7.12. The minimum Gasteiger partial charge on any atom is -0.324 e. The third kappa shape index (κ3) is 6.69. The molecule has 0 aliphatic heterocycles. The first-order valence-corrected chi connectivity index (χ1v) is 8.56. The Morgan fingerprint density at radius 1 is 0.852 bits per heavy atom. The Morgan fingerprint density at radius 2 is 1.33 bits per heavy atom. The quantitative estimate of drug-likeness (QED) is 0.467. The first-order valence-electron chi connectivity index (χ1n) is 7.77. The zero-order chi connectivity index (χ0) is 19.4. The van der Waals surface area contributed by atoms with Crippen molar-refractivity contribution >= 4 is 28.3 Å². The number of halogens is 8. The Morgan fingerprint density at radius 3 is 1.74 bits per heavy atom. The van der Waals surface area contributed by atoms with Crippen molar-refractivity contribution in [2.24, 2.45) is 11.7 Å². The Bertz CT molecular complexity index is 755. The normalized spacial score (nSPS) is 14.4. The largest absolute Gasteiger partial charge is 0.324 e. The van der Waals surface area contributed by atoms with E-state index in [-0.39, 0.29) is 34.0 Å². The van der Waals surface area contributed by atoms with Crippen molar-refractivity contribution < 1.29 is 26.3 Å². The lowest BCUT2D eigenvalue weighted by Crippen LogP contribution is -2.14. The predicted molar refractivity (Wildman–Crippen MR) is 97.3 cm³/mol. The summed E-state index contributed by atoms with van der Waals surface area (Å²) < 4.78 is 74.5. The van der Waals surface area contributed by atoms with Gasteiger partial charge in [-0.1, -0.05) is 18.2 Å². The van der Waals surface area contributed by atoms with Gasteiger partial charge in [-0.05, 0) is 52.9 Å². The molecule has 2 aromatic carbocycles. The molecule has 0 heterocycles. The van der Waals surface area contributed by atoms with Gasteiger partial charge in [0.15, 0.2) is 0 Å². The van der Waals surface area contributed by atoms with Crippen molar-refractivity contribution in [1.82, 2.24) is 0 Å². The molecule has 0 amide bonds. The van der Waals surface area contributed by atoms with E-state index < -0.39 is 24.5 Å². The van der Waals surface area contributed by atoms with Gasteiger partial charge >= 0.3 is 0 Å². The summed E-state index contributed by atoms with van der Waals surface area (Å²) in [5.74, 6) is -0.966. The molecule has 1 atom stereocenters. The molecule has 0 radical (unpaired) electrons. The van der Waals surface area contributed by atoms with E-state index in [0.717, 1.165) is 25.0 Å². The summed E-state index contributed by atoms with van der Waals surface area (Å²) in [7, 11) is 0. The van der Waals surface area contributed by atoms with Crippen LogP contribution in [0, 0.1) is 17.6 Å². The summed E-state index contributed by atoms with van der Waals surface area (Å²) in [6, 6.07) is 6.40. The Balaban J connectivity index is 0.000000273. The van der Waals surface area contributed by atoms with E-state index in [2.05, 4.69) is 15.9 Å². The molecule has 0 unspecified atom stereocenters. The zero-order valence-electron chi connectivity index (χ0n) is 13.8. The molecule has 27 heavy (non-hydrogen) atoms. The molecule has 2 aromatic rings. The van der Waals surface area contributed by atoms with Gasteiger partial charge in [0, 0.05) is 22.7 Å². The van der Waals surface area contributed by atoms with E-state index in [4.69, 9.17) is 5.73 Å². The van der Waals surface area contributed by atoms with Gasteiger partial charge in [-0.15, -0.1) is 12.4 Å². The fourth-order valence-corrected chi connectivity index (χ4v) is 2.55. The van der Waals surface area contributed by atoms with Crippen LogP contribution in [0.25, 0.3) is 0 Å². The van der Waals surface area contributed by atoms with Gasteiger partial charge in [-0.3, -0.25) is 0 Å². The lowest BCUT2D eigenvalue weighted by Gasteiger charge is -2.12. The van der Waals surface area contributed by atoms with Crippen molar-refractivity contribution in [2.75, 3.05) is 0 Å². The fourth-order valence-electron chi connectivity index (χ4n) is 2.31. The van der Waals surface area contributed by atoms with Crippen molar-refractivity contribution in [3.63, 3.8) is 0 Å². The molecule has 2 N–H and O–H groups in total. The van der Waals surface area contributed by atoms with E-state index in [1.54, 1.807) is 0 Å². The van der Waals surface area contributed by atoms with Crippen molar-refractivity contribution in [3.05, 3.63) is 69.2 Å². The molecule has 1 saturated carbocycles. The summed E-state index contributed by atoms with van der Waals surface area (Å²) in [5, 5.41) is 0. The topological polar surface area (TPSA) is 26.0 Å². The van der Waals surface area contributed by atoms with Crippen molar-refractivity contribution in [1.29, 1.82) is 0 Å². The summed E-state index contributed by atoms with van der Waals surface area (Å²) in [6.07, 6.45) is -3.25. The molecule has 3 rings (SSSR count). The van der Waals surface area contributed by atoms with Crippen LogP contribution in [-0.2, 0) is 0 Å². The van der Waals surface area contributed by atoms with Gasteiger partial charge in [0.25, 0.3) is 12.9 Å². The maximum atomic E-state index is 13.4. The number of nitrogens with two attached hydrogens (primary N) is 1. The van der Waals surface area contributed by atoms with Crippen LogP contribution in [-0.4, -0.2) is 0 Å². The van der Waals surface area contributed by atoms with Gasteiger partial charge < -0.3 is 5.73 Å². The molecule has 0 aromatic heterocycles. The van der Waals surface area contributed by atoms with Crippen LogP contribution in [0.4, 0.5) is 26.3 Å². The second kappa shape index (κ2) is 10.3. The Kier molecular flexibility index (Phi) is 9.11. The number of hydrogen-bond acceptors (Lipinski definition) is 1. The number of hydrogen-bond donors (Lipinski definition) is 1. The summed E-state index contributed by atoms with van der Waals surface area (Å²) in [6.45, 7) is 0. The van der Waals surface area contributed by atoms with E-state index >= 15 is 0 Å². The fraction of sp³-hybridized carbons (Fsp3) is 0.333. The van der Waals surface area contributed by atoms with E-state index in [9.17, 15) is 26.3 Å². The molecule has 0 saturated heterocycles. The maximum absolute atomic E-state index is 13.4. The third-order valence-corrected chi connectivity index (χ3v) is 4.60. The van der Waals surface area contributed by atoms with Crippen LogP contribution in [0.3, 0.4) is 0 Å². The average molecular weight is 477 g/mol. The monoisotopic (exact) mass is 475 g/mol. The zero-order valence-corrected chi connectivity index (χ0v) is 16.2. The number of rotatable bonds is 4. The second-order valence-electron chi connectivity index (χ2n) is 5.92. The highest BCUT2D eigenvalue weighted by molar-refractivity contribution is 9.10. The third-order valence-electron chi connectivity index (χ3n) is 3.96. The summed E-state index contributed by atoms with van der Waals surface area (Å²) in [4.78, 5) is 0. The molecule has 0 spiro atoms. The molecule has 1 nitrogen and oxygen atoms in total. The average Bonchev–Trinajstić information content (AvgIpc) is 3.42. The smallest absolute Gasteiger partial charge is 0.263 e. The van der Waals surface area contributed by atoms with Crippen LogP contribution >= 0.6 is 28.3 Å². The van der Waals surface area contributed by atoms with Gasteiger partial charge in [0.05, 0.1) is 4.47 Å². The molecular weight excluding hydrogens is 460 g/mol. The van der Waals surface area contributed by atoms with Crippen molar-refractivity contribution in [2.45, 2.75) is 31.7 Å². The standard InChI is InChI=1S/C11H12F3N.C7H4BrF3.ClH/c12-9-5-7(11(13)14)3-4-8(9)10(15)6-1-2-6;8-5-2-1-4(7(10)11)3-6(5)9;/h3-6,10-11H,1-2,15H2;1-3,7H;1H/t10-;;/m1../s1. The molecular formula is C18H17BrClF6N. The summed E-state index contributed by atoms with van der Waals surface area (Å²) in [5.41, 5.74) is 5.56. The highest BCUT2D eigenvalue weighted by Gasteiger charge is 2.31. The Labute approximate surface area is 167 Å². The van der Waals surface area contributed by atoms with Gasteiger partial charge in [0.2, 0.25) is 0 Å². The lowest BCUT2D eigenvalue weighted by atomic mass is 10.0. The van der Waals surface area contributed by atoms with Crippen LogP contribution in [0.2, 0.25) is 0 Å². The van der Waals surface area contributed by atoms with E-state index in [1.165, 1.54) is 24.3 Å². The molecule has 150 valence electrons. The molecule has 9 heteroatoms. The number of alkyl halides is 4. The van der Waals surface area contributed by atoms with Crippen LogP contribution in [0.1, 0.15) is 48.4 Å². The maximum Gasteiger partial charge on any atom is 0.263 e. The Hall–Kier alpha value is -1.25. The minimum absolute atomic E-state index is 0. The second-order valence-corrected chi connectivity index (χ2v) is 6.77. The first kappa shape index (κ1) is 23.8. The minimum atomic E-state index is -2.63. The molecule has 1 aliphatic rings. The molecule has 1 aliphatic carbocycles. The number of benzene rings is 2. The van der Waals surface area contributed by atoms with E-state index in [1.807, 2.05) is 0 Å². The van der Waals surface area contributed by atoms with Crippen LogP contribution in [0.15, 0.2) is 40.9 Å². The van der Waals surface area contributed by atoms with Crippen molar-refractivity contribution in [3.8, 4) is 0 Å². The van der Waals surface area contributed by atoms with Gasteiger partial charge in [-0.2, -0.15) is 0 Å². The highest BCUT2D eigenvalue weighted by Crippen LogP contribution is 2.40. The first-order chi connectivity index (χ1) is 12.2. The highest BCUT2D eigenvalue weighted by atomic mass is 79.9. The van der Waals surface area contributed by atoms with Crippen LogP contribution < -0.4 is 5.73 Å².